The van der Waals surface area contributed by atoms with Gasteiger partial charge in [-0.2, -0.15) is 5.10 Å². The van der Waals surface area contributed by atoms with Crippen molar-refractivity contribution in [3.8, 4) is 11.1 Å². The summed E-state index contributed by atoms with van der Waals surface area (Å²) >= 11 is 6.70. The molecule has 0 saturated carbocycles. The molecule has 0 unspecified atom stereocenters. The Morgan fingerprint density at radius 3 is 2.02 bits per heavy atom. The van der Waals surface area contributed by atoms with E-state index >= 15 is 0 Å². The molecule has 0 aliphatic carbocycles. The lowest BCUT2D eigenvalue weighted by Crippen LogP contribution is -2.39. The minimum Gasteiger partial charge on any atom is -0.399 e. The second-order valence-electron chi connectivity index (χ2n) is 12.1. The number of amides is 1. The Labute approximate surface area is 274 Å². The van der Waals surface area contributed by atoms with Crippen LogP contribution in [0.25, 0.3) is 22.0 Å². The molecule has 1 saturated heterocycles. The second kappa shape index (κ2) is 12.5. The summed E-state index contributed by atoms with van der Waals surface area (Å²) in [6.07, 6.45) is 1.84. The minimum absolute atomic E-state index is 0.0150. The van der Waals surface area contributed by atoms with Crippen LogP contribution in [-0.4, -0.2) is 40.7 Å². The maximum Gasteiger partial charge on any atom is 0.229 e. The van der Waals surface area contributed by atoms with Crippen molar-refractivity contribution >= 4 is 39.9 Å². The molecule has 1 aromatic heterocycles. The molecule has 7 rings (SSSR count). The van der Waals surface area contributed by atoms with E-state index in [9.17, 15) is 4.79 Å². The van der Waals surface area contributed by atoms with Gasteiger partial charge in [0.25, 0.3) is 0 Å². The van der Waals surface area contributed by atoms with Gasteiger partial charge in [0, 0.05) is 23.2 Å². The summed E-state index contributed by atoms with van der Waals surface area (Å²) in [7, 11) is 2.07. The number of nitrogen functional groups attached to an aromatic ring is 1. The molecule has 7 heteroatoms. The fraction of sp³-hybridized carbons (Fsp3) is 0.179. The maximum atomic E-state index is 13.9. The molecule has 5 aromatic carbocycles. The number of hydrogen-bond acceptors (Lipinski definition) is 4. The van der Waals surface area contributed by atoms with Crippen LogP contribution in [0.3, 0.4) is 0 Å². The van der Waals surface area contributed by atoms with Crippen molar-refractivity contribution in [1.82, 2.24) is 14.7 Å². The molecule has 46 heavy (non-hydrogen) atoms. The smallest absolute Gasteiger partial charge is 0.229 e. The van der Waals surface area contributed by atoms with Crippen LogP contribution in [-0.2, 0) is 10.3 Å². The van der Waals surface area contributed by atoms with Crippen LogP contribution in [0, 0.1) is 5.92 Å². The zero-order valence-corrected chi connectivity index (χ0v) is 26.5. The quantitative estimate of drug-likeness (QED) is 0.139. The van der Waals surface area contributed by atoms with E-state index in [2.05, 4.69) is 113 Å². The highest BCUT2D eigenvalue weighted by Crippen LogP contribution is 2.44. The number of nitrogens with two attached hydrogens (primary N) is 1. The number of hydrogen-bond donors (Lipinski definition) is 2. The van der Waals surface area contributed by atoms with Gasteiger partial charge in [-0.25, -0.2) is 4.68 Å². The number of rotatable bonds is 7. The number of carbonyl (C=O) groups is 1. The van der Waals surface area contributed by atoms with E-state index in [1.807, 2.05) is 30.3 Å². The highest BCUT2D eigenvalue weighted by Gasteiger charge is 2.41. The number of halogens is 1. The zero-order valence-electron chi connectivity index (χ0n) is 25.7. The van der Waals surface area contributed by atoms with E-state index in [-0.39, 0.29) is 11.8 Å². The number of fused-ring (bicyclic) bond motifs is 1. The fourth-order valence-electron chi connectivity index (χ4n) is 6.90. The third kappa shape index (κ3) is 5.34. The van der Waals surface area contributed by atoms with Gasteiger partial charge in [0.1, 0.15) is 5.54 Å². The van der Waals surface area contributed by atoms with E-state index in [1.54, 1.807) is 6.07 Å². The Kier molecular flexibility index (Phi) is 8.07. The molecule has 1 aliphatic heterocycles. The van der Waals surface area contributed by atoms with Crippen molar-refractivity contribution in [2.45, 2.75) is 18.4 Å². The number of benzene rings is 5. The molecule has 6 nitrogen and oxygen atoms in total. The number of anilines is 2. The van der Waals surface area contributed by atoms with Gasteiger partial charge in [-0.3, -0.25) is 4.79 Å². The van der Waals surface area contributed by atoms with E-state index in [4.69, 9.17) is 22.4 Å². The molecule has 0 radical (unpaired) electrons. The van der Waals surface area contributed by atoms with E-state index in [0.717, 1.165) is 64.7 Å². The first-order valence-corrected chi connectivity index (χ1v) is 16.1. The summed E-state index contributed by atoms with van der Waals surface area (Å²) in [6, 6.07) is 43.1. The Balaban J connectivity index is 1.51. The normalized spacial score (nSPS) is 15.6. The topological polar surface area (TPSA) is 76.2 Å². The van der Waals surface area contributed by atoms with Gasteiger partial charge < -0.3 is 16.0 Å². The van der Waals surface area contributed by atoms with E-state index in [1.165, 1.54) is 0 Å². The van der Waals surface area contributed by atoms with Gasteiger partial charge in [0.05, 0.1) is 16.5 Å². The highest BCUT2D eigenvalue weighted by molar-refractivity contribution is 6.33. The molecule has 1 atom stereocenters. The number of piperidine rings is 1. The number of carbonyl (C=O) groups excluding carboxylic acids is 1. The molecular formula is C39H36ClN5O. The molecule has 0 spiro atoms. The lowest BCUT2D eigenvalue weighted by Gasteiger charge is -2.37. The summed E-state index contributed by atoms with van der Waals surface area (Å²) in [4.78, 5) is 16.1. The number of nitrogens with one attached hydrogen (secondary N) is 1. The molecule has 1 amide bonds. The first-order chi connectivity index (χ1) is 22.4. The van der Waals surface area contributed by atoms with E-state index < -0.39 is 5.54 Å². The minimum atomic E-state index is -0.851. The third-order valence-electron chi connectivity index (χ3n) is 9.11. The maximum absolute atomic E-state index is 13.9. The van der Waals surface area contributed by atoms with Crippen molar-refractivity contribution < 1.29 is 4.79 Å². The summed E-state index contributed by atoms with van der Waals surface area (Å²) in [6.45, 7) is 1.72. The number of nitrogens with zero attached hydrogens (tertiary/aromatic N) is 3. The second-order valence-corrected chi connectivity index (χ2v) is 12.5. The standard InChI is InChI=1S/C39H36ClN5O/c1-44-23-11-12-28(26-44)38(46)42-37-34-24-27(33-21-20-32(41)25-35(33)40)19-22-36(34)45(43-37)39(29-13-5-2-6-14-29,30-15-7-3-8-16-30)31-17-9-4-10-18-31/h2-10,13-22,24-25,28H,11-12,23,26,41H2,1H3,(H,42,43,46)/t28-/m1/s1. The molecule has 3 N–H and O–H groups in total. The van der Waals surface area contributed by atoms with Gasteiger partial charge >= 0.3 is 0 Å². The van der Waals surface area contributed by atoms with Gasteiger partial charge in [0.2, 0.25) is 5.91 Å². The Bertz CT molecular complexity index is 1900. The average Bonchev–Trinajstić information content (AvgIpc) is 3.44. The van der Waals surface area contributed by atoms with Crippen molar-refractivity contribution in [3.63, 3.8) is 0 Å². The zero-order chi connectivity index (χ0) is 31.7. The van der Waals surface area contributed by atoms with Crippen LogP contribution >= 0.6 is 11.6 Å². The van der Waals surface area contributed by atoms with Gasteiger partial charge in [-0.1, -0.05) is 115 Å². The molecule has 1 fully saturated rings. The van der Waals surface area contributed by atoms with E-state index in [0.29, 0.717) is 16.5 Å². The van der Waals surface area contributed by atoms with Crippen molar-refractivity contribution in [1.29, 1.82) is 0 Å². The predicted octanol–water partition coefficient (Wildman–Crippen LogP) is 8.06. The lowest BCUT2D eigenvalue weighted by atomic mass is 9.77. The number of aromatic nitrogens is 2. The molecular weight excluding hydrogens is 590 g/mol. The largest absolute Gasteiger partial charge is 0.399 e. The highest BCUT2D eigenvalue weighted by atomic mass is 35.5. The summed E-state index contributed by atoms with van der Waals surface area (Å²) in [5, 5.41) is 10.0. The van der Waals surface area contributed by atoms with Crippen molar-refractivity contribution in [2.75, 3.05) is 31.2 Å². The molecule has 230 valence electrons. The Morgan fingerprint density at radius 1 is 0.848 bits per heavy atom. The summed E-state index contributed by atoms with van der Waals surface area (Å²) in [5.74, 6) is 0.392. The van der Waals surface area contributed by atoms with Crippen LogP contribution < -0.4 is 11.1 Å². The Hall–Kier alpha value is -4.91. The summed E-state index contributed by atoms with van der Waals surface area (Å²) in [5.41, 5.74) is 11.6. The molecule has 6 aromatic rings. The van der Waals surface area contributed by atoms with Gasteiger partial charge in [-0.05, 0) is 73.0 Å². The average molecular weight is 626 g/mol. The van der Waals surface area contributed by atoms with Gasteiger partial charge in [-0.15, -0.1) is 0 Å². The SMILES string of the molecule is CN1CCC[C@@H](C(=O)Nc2nn(C(c3ccccc3)(c3ccccc3)c3ccccc3)c3ccc(-c4ccc(N)cc4Cl)cc23)C1. The van der Waals surface area contributed by atoms with Crippen LogP contribution in [0.15, 0.2) is 127 Å². The van der Waals surface area contributed by atoms with Crippen molar-refractivity contribution in [3.05, 3.63) is 149 Å². The monoisotopic (exact) mass is 625 g/mol. The fourth-order valence-corrected chi connectivity index (χ4v) is 7.20. The van der Waals surface area contributed by atoms with Crippen LogP contribution in [0.1, 0.15) is 29.5 Å². The first kappa shape index (κ1) is 29.8. The van der Waals surface area contributed by atoms with Crippen LogP contribution in [0.5, 0.6) is 0 Å². The van der Waals surface area contributed by atoms with Gasteiger partial charge in [0.15, 0.2) is 5.82 Å². The van der Waals surface area contributed by atoms with Crippen LogP contribution in [0.4, 0.5) is 11.5 Å². The third-order valence-corrected chi connectivity index (χ3v) is 9.43. The molecule has 0 bridgehead atoms. The molecule has 1 aliphatic rings. The summed E-state index contributed by atoms with van der Waals surface area (Å²) < 4.78 is 2.08. The number of likely N-dealkylation sites (tertiary alicyclic amines) is 1. The van der Waals surface area contributed by atoms with Crippen LogP contribution in [0.2, 0.25) is 5.02 Å². The predicted molar refractivity (Wildman–Crippen MR) is 188 cm³/mol. The van der Waals surface area contributed by atoms with Crippen molar-refractivity contribution in [2.24, 2.45) is 5.92 Å². The first-order valence-electron chi connectivity index (χ1n) is 15.7. The lowest BCUT2D eigenvalue weighted by molar-refractivity contribution is -0.121. The molecule has 2 heterocycles. The Morgan fingerprint density at radius 2 is 1.46 bits per heavy atom.